The Hall–Kier alpha value is -2.37. The minimum absolute atomic E-state index is 0.0252. The summed E-state index contributed by atoms with van der Waals surface area (Å²) < 4.78 is 28.1. The number of nitrogens with one attached hydrogen (secondary N) is 2. The number of rotatable bonds is 5. The molecule has 4 nitrogen and oxygen atoms in total. The monoisotopic (exact) mass is 266 g/mol. The average molecular weight is 266 g/mol. The smallest absolute Gasteiger partial charge is 0.387 e. The van der Waals surface area contributed by atoms with Gasteiger partial charge in [-0.1, -0.05) is 0 Å². The van der Waals surface area contributed by atoms with Gasteiger partial charge in [-0.2, -0.15) is 8.78 Å². The van der Waals surface area contributed by atoms with Gasteiger partial charge in [0, 0.05) is 24.5 Å². The first-order valence-corrected chi connectivity index (χ1v) is 5.60. The molecule has 2 rings (SSSR count). The molecule has 0 bridgehead atoms. The van der Waals surface area contributed by atoms with Crippen LogP contribution in [0.5, 0.6) is 5.75 Å². The molecule has 0 saturated carbocycles. The molecule has 1 heterocycles. The van der Waals surface area contributed by atoms with Crippen molar-refractivity contribution in [2.45, 2.75) is 13.2 Å². The van der Waals surface area contributed by atoms with Crippen LogP contribution in [0.1, 0.15) is 15.9 Å². The number of H-pyrrole nitrogens is 1. The van der Waals surface area contributed by atoms with Crippen LogP contribution in [0.25, 0.3) is 0 Å². The number of carbonyl (C=O) groups is 1. The number of ether oxygens (including phenoxy) is 1. The molecule has 1 aromatic heterocycles. The largest absolute Gasteiger partial charge is 0.435 e. The van der Waals surface area contributed by atoms with Crippen molar-refractivity contribution in [1.82, 2.24) is 10.3 Å². The second kappa shape index (κ2) is 5.99. The third kappa shape index (κ3) is 3.80. The van der Waals surface area contributed by atoms with E-state index >= 15 is 0 Å². The first-order chi connectivity index (χ1) is 9.15. The number of benzene rings is 1. The van der Waals surface area contributed by atoms with E-state index < -0.39 is 6.61 Å². The Bertz CT molecular complexity index is 524. The second-order valence-electron chi connectivity index (χ2n) is 3.80. The number of aromatic nitrogens is 1. The molecular formula is C13H12F2N2O2. The van der Waals surface area contributed by atoms with E-state index in [1.165, 1.54) is 24.3 Å². The fraction of sp³-hybridized carbons (Fsp3) is 0.154. The van der Waals surface area contributed by atoms with E-state index in [1.807, 2.05) is 6.07 Å². The SMILES string of the molecule is O=C(NCc1cc[nH]c1)c1ccc(OC(F)F)cc1. The summed E-state index contributed by atoms with van der Waals surface area (Å²) in [6, 6.07) is 7.38. The quantitative estimate of drug-likeness (QED) is 0.873. The van der Waals surface area contributed by atoms with Gasteiger partial charge in [0.1, 0.15) is 5.75 Å². The molecule has 0 unspecified atom stereocenters. The Morgan fingerprint density at radius 3 is 2.58 bits per heavy atom. The van der Waals surface area contributed by atoms with Gasteiger partial charge >= 0.3 is 6.61 Å². The first-order valence-electron chi connectivity index (χ1n) is 5.60. The van der Waals surface area contributed by atoms with E-state index in [9.17, 15) is 13.6 Å². The van der Waals surface area contributed by atoms with E-state index in [-0.39, 0.29) is 11.7 Å². The lowest BCUT2D eigenvalue weighted by molar-refractivity contribution is -0.0498. The molecule has 0 spiro atoms. The molecule has 1 aromatic carbocycles. The highest BCUT2D eigenvalue weighted by Crippen LogP contribution is 2.14. The Kier molecular flexibility index (Phi) is 4.12. The minimum atomic E-state index is -2.87. The molecule has 0 aliphatic rings. The number of amides is 1. The molecule has 0 atom stereocenters. The summed E-state index contributed by atoms with van der Waals surface area (Å²) in [5.74, 6) is -0.248. The van der Waals surface area contributed by atoms with Crippen molar-refractivity contribution in [3.8, 4) is 5.75 Å². The van der Waals surface area contributed by atoms with Crippen LogP contribution in [0.3, 0.4) is 0 Å². The highest BCUT2D eigenvalue weighted by molar-refractivity contribution is 5.94. The van der Waals surface area contributed by atoms with Crippen LogP contribution in [0, 0.1) is 0 Å². The van der Waals surface area contributed by atoms with Gasteiger partial charge in [0.2, 0.25) is 0 Å². The van der Waals surface area contributed by atoms with Crippen LogP contribution < -0.4 is 10.1 Å². The summed E-state index contributed by atoms with van der Waals surface area (Å²) in [4.78, 5) is 14.6. The van der Waals surface area contributed by atoms with E-state index in [0.717, 1.165) is 5.56 Å². The van der Waals surface area contributed by atoms with Crippen molar-refractivity contribution in [2.24, 2.45) is 0 Å². The van der Waals surface area contributed by atoms with E-state index in [1.54, 1.807) is 12.4 Å². The molecule has 1 amide bonds. The van der Waals surface area contributed by atoms with Crippen molar-refractivity contribution in [2.75, 3.05) is 0 Å². The standard InChI is InChI=1S/C13H12F2N2O2/c14-13(15)19-11-3-1-10(2-4-11)12(18)17-8-9-5-6-16-7-9/h1-7,13,16H,8H2,(H,17,18). The Morgan fingerprint density at radius 2 is 2.00 bits per heavy atom. The van der Waals surface area contributed by atoms with Crippen LogP contribution in [-0.2, 0) is 6.54 Å². The maximum atomic E-state index is 12.0. The normalized spacial score (nSPS) is 10.5. The molecule has 2 aromatic rings. The van der Waals surface area contributed by atoms with Crippen molar-refractivity contribution in [3.63, 3.8) is 0 Å². The fourth-order valence-electron chi connectivity index (χ4n) is 1.54. The van der Waals surface area contributed by atoms with Gasteiger partial charge in [0.25, 0.3) is 5.91 Å². The third-order valence-electron chi connectivity index (χ3n) is 2.46. The zero-order valence-electron chi connectivity index (χ0n) is 9.90. The van der Waals surface area contributed by atoms with Gasteiger partial charge in [-0.05, 0) is 35.9 Å². The summed E-state index contributed by atoms with van der Waals surface area (Å²) in [6.45, 7) is -2.47. The van der Waals surface area contributed by atoms with Gasteiger partial charge in [-0.15, -0.1) is 0 Å². The van der Waals surface area contributed by atoms with Crippen LogP contribution in [-0.4, -0.2) is 17.5 Å². The van der Waals surface area contributed by atoms with Crippen molar-refractivity contribution >= 4 is 5.91 Å². The number of hydrogen-bond acceptors (Lipinski definition) is 2. The van der Waals surface area contributed by atoms with E-state index in [4.69, 9.17) is 0 Å². The van der Waals surface area contributed by atoms with Gasteiger partial charge in [-0.3, -0.25) is 4.79 Å². The maximum Gasteiger partial charge on any atom is 0.387 e. The Balaban J connectivity index is 1.92. The van der Waals surface area contributed by atoms with Crippen molar-refractivity contribution in [1.29, 1.82) is 0 Å². The predicted octanol–water partition coefficient (Wildman–Crippen LogP) is 2.55. The van der Waals surface area contributed by atoms with E-state index in [2.05, 4.69) is 15.0 Å². The number of alkyl halides is 2. The molecule has 100 valence electrons. The fourth-order valence-corrected chi connectivity index (χ4v) is 1.54. The van der Waals surface area contributed by atoms with E-state index in [0.29, 0.717) is 12.1 Å². The predicted molar refractivity (Wildman–Crippen MR) is 65.0 cm³/mol. The Labute approximate surface area is 108 Å². The van der Waals surface area contributed by atoms with Crippen LogP contribution in [0.15, 0.2) is 42.7 Å². The van der Waals surface area contributed by atoms with Gasteiger partial charge in [0.15, 0.2) is 0 Å². The van der Waals surface area contributed by atoms with Crippen molar-refractivity contribution in [3.05, 3.63) is 53.9 Å². The molecule has 0 radical (unpaired) electrons. The third-order valence-corrected chi connectivity index (χ3v) is 2.46. The molecule has 0 fully saturated rings. The number of carbonyl (C=O) groups excluding carboxylic acids is 1. The van der Waals surface area contributed by atoms with Gasteiger partial charge in [-0.25, -0.2) is 0 Å². The average Bonchev–Trinajstić information content (AvgIpc) is 2.89. The van der Waals surface area contributed by atoms with Gasteiger partial charge < -0.3 is 15.0 Å². The number of aromatic amines is 1. The summed E-state index contributed by atoms with van der Waals surface area (Å²) >= 11 is 0. The minimum Gasteiger partial charge on any atom is -0.435 e. The number of halogens is 2. The first kappa shape index (κ1) is 13.1. The summed E-state index contributed by atoms with van der Waals surface area (Å²) in [5, 5.41) is 2.71. The topological polar surface area (TPSA) is 54.1 Å². The molecule has 0 aliphatic carbocycles. The highest BCUT2D eigenvalue weighted by Gasteiger charge is 2.07. The van der Waals surface area contributed by atoms with Gasteiger partial charge in [0.05, 0.1) is 0 Å². The van der Waals surface area contributed by atoms with Crippen molar-refractivity contribution < 1.29 is 18.3 Å². The lowest BCUT2D eigenvalue weighted by Crippen LogP contribution is -2.22. The Morgan fingerprint density at radius 1 is 1.26 bits per heavy atom. The molecule has 0 saturated heterocycles. The maximum absolute atomic E-state index is 12.0. The lowest BCUT2D eigenvalue weighted by atomic mass is 10.2. The summed E-state index contributed by atoms with van der Waals surface area (Å²) in [5.41, 5.74) is 1.34. The summed E-state index contributed by atoms with van der Waals surface area (Å²) in [6.07, 6.45) is 3.54. The molecular weight excluding hydrogens is 254 g/mol. The van der Waals surface area contributed by atoms with Crippen LogP contribution in [0.4, 0.5) is 8.78 Å². The summed E-state index contributed by atoms with van der Waals surface area (Å²) in [7, 11) is 0. The van der Waals surface area contributed by atoms with Crippen LogP contribution in [0.2, 0.25) is 0 Å². The highest BCUT2D eigenvalue weighted by atomic mass is 19.3. The lowest BCUT2D eigenvalue weighted by Gasteiger charge is -2.06. The molecule has 0 aliphatic heterocycles. The molecule has 19 heavy (non-hydrogen) atoms. The molecule has 6 heteroatoms. The zero-order chi connectivity index (χ0) is 13.7. The zero-order valence-corrected chi connectivity index (χ0v) is 9.90. The number of hydrogen-bond donors (Lipinski definition) is 2. The molecule has 2 N–H and O–H groups in total. The second-order valence-corrected chi connectivity index (χ2v) is 3.80. The van der Waals surface area contributed by atoms with Crippen LogP contribution >= 0.6 is 0 Å².